The smallest absolute Gasteiger partial charge is 0.166 e. The molecule has 0 saturated carbocycles. The lowest BCUT2D eigenvalue weighted by atomic mass is 10.0. The molecule has 0 spiro atoms. The van der Waals surface area contributed by atoms with Gasteiger partial charge in [-0.2, -0.15) is 5.10 Å². The first-order valence-corrected chi connectivity index (χ1v) is 5.25. The second-order valence-corrected chi connectivity index (χ2v) is 3.57. The van der Waals surface area contributed by atoms with Crippen molar-refractivity contribution >= 4 is 5.84 Å². The second-order valence-electron chi connectivity index (χ2n) is 3.57. The predicted octanol–water partition coefficient (Wildman–Crippen LogP) is 1.44. The normalized spacial score (nSPS) is 11.2. The van der Waals surface area contributed by atoms with E-state index in [4.69, 9.17) is 11.7 Å². The van der Waals surface area contributed by atoms with E-state index in [1.54, 1.807) is 0 Å². The highest BCUT2D eigenvalue weighted by Crippen LogP contribution is 2.19. The first-order chi connectivity index (χ1) is 8.35. The first-order valence-electron chi connectivity index (χ1n) is 5.25. The Hall–Kier alpha value is -2.33. The molecule has 4 heteroatoms. The maximum atomic E-state index is 5.30. The van der Waals surface area contributed by atoms with Crippen LogP contribution in [-0.2, 0) is 0 Å². The summed E-state index contributed by atoms with van der Waals surface area (Å²) in [5, 5.41) is 3.56. The van der Waals surface area contributed by atoms with Crippen LogP contribution >= 0.6 is 0 Å². The fraction of sp³-hybridized carbons (Fsp3) is 0. The summed E-state index contributed by atoms with van der Waals surface area (Å²) in [4.78, 5) is 0. The summed E-state index contributed by atoms with van der Waals surface area (Å²) in [6.45, 7) is 0. The summed E-state index contributed by atoms with van der Waals surface area (Å²) in [5.74, 6) is 11.0. The van der Waals surface area contributed by atoms with Crippen LogP contribution < -0.4 is 17.1 Å². The fourth-order valence-corrected chi connectivity index (χ4v) is 1.65. The Bertz CT molecular complexity index is 503. The summed E-state index contributed by atoms with van der Waals surface area (Å²) in [5.41, 5.74) is 5.62. The van der Waals surface area contributed by atoms with Crippen LogP contribution in [-0.4, -0.2) is 5.84 Å². The highest BCUT2D eigenvalue weighted by Gasteiger charge is 2.01. The molecule has 5 N–H and O–H groups in total. The molecule has 0 atom stereocenters. The molecular weight excluding hydrogens is 212 g/mol. The van der Waals surface area contributed by atoms with Crippen molar-refractivity contribution in [2.24, 2.45) is 16.8 Å². The largest absolute Gasteiger partial charge is 0.321 e. The van der Waals surface area contributed by atoms with Gasteiger partial charge >= 0.3 is 0 Å². The third kappa shape index (κ3) is 2.43. The molecule has 0 aliphatic heterocycles. The van der Waals surface area contributed by atoms with Crippen molar-refractivity contribution in [1.82, 2.24) is 5.43 Å². The van der Waals surface area contributed by atoms with E-state index in [0.29, 0.717) is 5.84 Å². The highest BCUT2D eigenvalue weighted by atomic mass is 15.3. The van der Waals surface area contributed by atoms with E-state index in [1.165, 1.54) is 5.56 Å². The molecule has 0 bridgehead atoms. The van der Waals surface area contributed by atoms with Crippen molar-refractivity contribution in [3.63, 3.8) is 0 Å². The van der Waals surface area contributed by atoms with Crippen molar-refractivity contribution in [2.45, 2.75) is 0 Å². The Kier molecular flexibility index (Phi) is 3.37. The van der Waals surface area contributed by atoms with E-state index in [0.717, 1.165) is 11.1 Å². The van der Waals surface area contributed by atoms with Crippen LogP contribution in [0, 0.1) is 0 Å². The summed E-state index contributed by atoms with van der Waals surface area (Å²) < 4.78 is 0. The SMILES string of the molecule is NN=C(NN)c1ccc(-c2ccccc2)cc1. The number of nitrogens with zero attached hydrogens (tertiary/aromatic N) is 1. The molecule has 17 heavy (non-hydrogen) atoms. The van der Waals surface area contributed by atoms with E-state index >= 15 is 0 Å². The zero-order chi connectivity index (χ0) is 12.1. The minimum absolute atomic E-state index is 0.463. The Balaban J connectivity index is 2.31. The molecule has 2 rings (SSSR count). The van der Waals surface area contributed by atoms with Crippen LogP contribution in [0.25, 0.3) is 11.1 Å². The van der Waals surface area contributed by atoms with Gasteiger partial charge in [-0.1, -0.05) is 54.6 Å². The van der Waals surface area contributed by atoms with Gasteiger partial charge in [-0.3, -0.25) is 0 Å². The summed E-state index contributed by atoms with van der Waals surface area (Å²) in [6.07, 6.45) is 0. The van der Waals surface area contributed by atoms with Crippen molar-refractivity contribution in [3.05, 3.63) is 60.2 Å². The number of nitrogens with two attached hydrogens (primary N) is 2. The quantitative estimate of drug-likeness (QED) is 0.314. The number of amidine groups is 1. The fourth-order valence-electron chi connectivity index (χ4n) is 1.65. The Morgan fingerprint density at radius 1 is 0.882 bits per heavy atom. The average molecular weight is 226 g/mol. The van der Waals surface area contributed by atoms with Gasteiger partial charge in [-0.05, 0) is 11.1 Å². The second kappa shape index (κ2) is 5.14. The van der Waals surface area contributed by atoms with Crippen LogP contribution in [0.1, 0.15) is 5.56 Å². The Labute approximate surface area is 99.9 Å². The van der Waals surface area contributed by atoms with Gasteiger partial charge in [-0.15, -0.1) is 0 Å². The zero-order valence-corrected chi connectivity index (χ0v) is 9.30. The van der Waals surface area contributed by atoms with Crippen molar-refractivity contribution in [2.75, 3.05) is 0 Å². The number of hydrogen-bond donors (Lipinski definition) is 3. The van der Waals surface area contributed by atoms with E-state index in [2.05, 4.69) is 22.7 Å². The molecule has 0 fully saturated rings. The Morgan fingerprint density at radius 2 is 1.47 bits per heavy atom. The number of hydrazone groups is 1. The van der Waals surface area contributed by atoms with Gasteiger partial charge in [0, 0.05) is 5.56 Å². The maximum Gasteiger partial charge on any atom is 0.166 e. The van der Waals surface area contributed by atoms with Crippen molar-refractivity contribution < 1.29 is 0 Å². The molecule has 0 radical (unpaired) electrons. The van der Waals surface area contributed by atoms with Gasteiger partial charge in [0.15, 0.2) is 5.84 Å². The number of hydrogen-bond acceptors (Lipinski definition) is 3. The van der Waals surface area contributed by atoms with Crippen LogP contribution in [0.3, 0.4) is 0 Å². The standard InChI is InChI=1S/C13H14N4/c14-16-13(17-15)12-8-6-11(7-9-12)10-4-2-1-3-5-10/h1-9H,14-15H2,(H,16,17). The summed E-state index contributed by atoms with van der Waals surface area (Å²) >= 11 is 0. The van der Waals surface area contributed by atoms with E-state index in [9.17, 15) is 0 Å². The van der Waals surface area contributed by atoms with Crippen LogP contribution in [0.4, 0.5) is 0 Å². The van der Waals surface area contributed by atoms with E-state index in [1.807, 2.05) is 42.5 Å². The third-order valence-electron chi connectivity index (χ3n) is 2.53. The number of hydrazine groups is 1. The van der Waals surface area contributed by atoms with Gasteiger partial charge < -0.3 is 11.3 Å². The molecule has 0 aliphatic rings. The van der Waals surface area contributed by atoms with Gasteiger partial charge in [-0.25, -0.2) is 5.84 Å². The van der Waals surface area contributed by atoms with Crippen LogP contribution in [0.15, 0.2) is 59.7 Å². The molecule has 0 aromatic heterocycles. The maximum absolute atomic E-state index is 5.30. The number of nitrogens with one attached hydrogen (secondary N) is 1. The molecule has 86 valence electrons. The first kappa shape index (κ1) is 11.2. The molecule has 4 nitrogen and oxygen atoms in total. The highest BCUT2D eigenvalue weighted by molar-refractivity contribution is 5.98. The molecule has 0 unspecified atom stereocenters. The number of benzene rings is 2. The summed E-state index contributed by atoms with van der Waals surface area (Å²) in [6, 6.07) is 18.0. The number of rotatable bonds is 2. The van der Waals surface area contributed by atoms with E-state index < -0.39 is 0 Å². The van der Waals surface area contributed by atoms with Crippen LogP contribution in [0.5, 0.6) is 0 Å². The predicted molar refractivity (Wildman–Crippen MR) is 69.9 cm³/mol. The van der Waals surface area contributed by atoms with Gasteiger partial charge in [0.2, 0.25) is 0 Å². The van der Waals surface area contributed by atoms with Gasteiger partial charge in [0.1, 0.15) is 0 Å². The topological polar surface area (TPSA) is 76.4 Å². The third-order valence-corrected chi connectivity index (χ3v) is 2.53. The van der Waals surface area contributed by atoms with Crippen molar-refractivity contribution in [3.8, 4) is 11.1 Å². The molecule has 0 aliphatic carbocycles. The molecule has 2 aromatic carbocycles. The molecule has 0 amide bonds. The van der Waals surface area contributed by atoms with Gasteiger partial charge in [0.25, 0.3) is 0 Å². The minimum atomic E-state index is 0.463. The molecule has 0 saturated heterocycles. The molecule has 0 heterocycles. The average Bonchev–Trinajstić information content (AvgIpc) is 2.42. The lowest BCUT2D eigenvalue weighted by Crippen LogP contribution is -2.31. The monoisotopic (exact) mass is 226 g/mol. The zero-order valence-electron chi connectivity index (χ0n) is 9.30. The lowest BCUT2D eigenvalue weighted by molar-refractivity contribution is 1.00. The molecule has 2 aromatic rings. The van der Waals surface area contributed by atoms with E-state index in [-0.39, 0.29) is 0 Å². The van der Waals surface area contributed by atoms with Crippen LogP contribution in [0.2, 0.25) is 0 Å². The Morgan fingerprint density at radius 3 is 2.00 bits per heavy atom. The summed E-state index contributed by atoms with van der Waals surface area (Å²) in [7, 11) is 0. The molecular formula is C13H14N4. The van der Waals surface area contributed by atoms with Crippen molar-refractivity contribution in [1.29, 1.82) is 0 Å². The van der Waals surface area contributed by atoms with Gasteiger partial charge in [0.05, 0.1) is 0 Å². The lowest BCUT2D eigenvalue weighted by Gasteiger charge is -2.06. The minimum Gasteiger partial charge on any atom is -0.321 e.